The Morgan fingerprint density at radius 2 is 1.85 bits per heavy atom. The fraction of sp³-hybridized carbons (Fsp3) is 0.455. The van der Waals surface area contributed by atoms with Crippen molar-refractivity contribution in [2.75, 3.05) is 4.90 Å². The Bertz CT molecular complexity index is 794. The number of aryl methyl sites for hydroxylation is 1. The summed E-state index contributed by atoms with van der Waals surface area (Å²) in [4.78, 5) is 29.0. The number of rotatable bonds is 4. The number of carbonyl (C=O) groups excluding carboxylic acids is 2. The van der Waals surface area contributed by atoms with Gasteiger partial charge in [0.25, 0.3) is 0 Å². The molecular weight excluding hydrogens is 356 g/mol. The molecule has 0 bridgehead atoms. The zero-order valence-electron chi connectivity index (χ0n) is 15.7. The molecule has 4 rings (SSSR count). The van der Waals surface area contributed by atoms with E-state index in [1.54, 1.807) is 11.3 Å². The molecule has 1 aliphatic carbocycles. The highest BCUT2D eigenvalue weighted by Crippen LogP contribution is 2.41. The van der Waals surface area contributed by atoms with Crippen molar-refractivity contribution in [3.05, 3.63) is 52.2 Å². The van der Waals surface area contributed by atoms with Crippen molar-refractivity contribution in [1.82, 2.24) is 5.32 Å². The Morgan fingerprint density at radius 3 is 2.52 bits per heavy atom. The summed E-state index contributed by atoms with van der Waals surface area (Å²) in [5.74, 6) is -0.00432. The molecule has 1 aromatic heterocycles. The van der Waals surface area contributed by atoms with E-state index in [-0.39, 0.29) is 23.8 Å². The summed E-state index contributed by atoms with van der Waals surface area (Å²) in [6.45, 7) is 2.04. The van der Waals surface area contributed by atoms with Gasteiger partial charge in [-0.05, 0) is 49.8 Å². The van der Waals surface area contributed by atoms with Gasteiger partial charge in [-0.25, -0.2) is 0 Å². The molecule has 1 aliphatic heterocycles. The van der Waals surface area contributed by atoms with Gasteiger partial charge >= 0.3 is 0 Å². The molecule has 2 aromatic rings. The zero-order valence-corrected chi connectivity index (χ0v) is 16.5. The predicted molar refractivity (Wildman–Crippen MR) is 109 cm³/mol. The van der Waals surface area contributed by atoms with E-state index >= 15 is 0 Å². The van der Waals surface area contributed by atoms with Crippen LogP contribution in [0.3, 0.4) is 0 Å². The summed E-state index contributed by atoms with van der Waals surface area (Å²) < 4.78 is 0. The largest absolute Gasteiger partial charge is 0.353 e. The van der Waals surface area contributed by atoms with Gasteiger partial charge < -0.3 is 10.2 Å². The summed E-state index contributed by atoms with van der Waals surface area (Å²) >= 11 is 1.62. The number of hydrogen-bond donors (Lipinski definition) is 1. The molecule has 1 aromatic carbocycles. The molecule has 4 nitrogen and oxygen atoms in total. The van der Waals surface area contributed by atoms with Crippen LogP contribution >= 0.6 is 11.3 Å². The van der Waals surface area contributed by atoms with Crippen LogP contribution < -0.4 is 10.2 Å². The minimum Gasteiger partial charge on any atom is -0.353 e. The second-order valence-corrected chi connectivity index (χ2v) is 8.67. The number of carbonyl (C=O) groups is 2. The van der Waals surface area contributed by atoms with Crippen LogP contribution in [0, 0.1) is 12.8 Å². The quantitative estimate of drug-likeness (QED) is 0.840. The van der Waals surface area contributed by atoms with E-state index < -0.39 is 0 Å². The first kappa shape index (κ1) is 18.2. The third-order valence-electron chi connectivity index (χ3n) is 5.78. The van der Waals surface area contributed by atoms with Gasteiger partial charge in [-0.2, -0.15) is 0 Å². The van der Waals surface area contributed by atoms with Crippen LogP contribution in [0.2, 0.25) is 0 Å². The van der Waals surface area contributed by atoms with E-state index in [2.05, 4.69) is 5.32 Å². The van der Waals surface area contributed by atoms with E-state index in [0.717, 1.165) is 29.0 Å². The van der Waals surface area contributed by atoms with Gasteiger partial charge in [0.05, 0.1) is 12.0 Å². The van der Waals surface area contributed by atoms with Crippen molar-refractivity contribution in [1.29, 1.82) is 0 Å². The fourth-order valence-corrected chi connectivity index (χ4v) is 5.22. The maximum atomic E-state index is 13.2. The number of amides is 2. The summed E-state index contributed by atoms with van der Waals surface area (Å²) in [5.41, 5.74) is 2.04. The third-order valence-corrected chi connectivity index (χ3v) is 6.73. The highest BCUT2D eigenvalue weighted by Gasteiger charge is 2.42. The molecule has 2 unspecified atom stereocenters. The van der Waals surface area contributed by atoms with E-state index in [9.17, 15) is 9.59 Å². The second-order valence-electron chi connectivity index (χ2n) is 7.69. The Balaban J connectivity index is 1.67. The van der Waals surface area contributed by atoms with E-state index in [1.165, 1.54) is 12.8 Å². The van der Waals surface area contributed by atoms with Crippen LogP contribution in [0.1, 0.15) is 55.0 Å². The molecule has 1 N–H and O–H groups in total. The zero-order chi connectivity index (χ0) is 18.8. The van der Waals surface area contributed by atoms with Crippen molar-refractivity contribution < 1.29 is 9.59 Å². The smallest absolute Gasteiger partial charge is 0.227 e. The minimum atomic E-state index is -0.227. The number of thiophene rings is 1. The molecule has 2 fully saturated rings. The minimum absolute atomic E-state index is 0.0992. The van der Waals surface area contributed by atoms with E-state index in [4.69, 9.17) is 0 Å². The Kier molecular flexibility index (Phi) is 5.30. The summed E-state index contributed by atoms with van der Waals surface area (Å²) in [5, 5.41) is 5.29. The first-order chi connectivity index (χ1) is 13.1. The van der Waals surface area contributed by atoms with Crippen molar-refractivity contribution in [3.8, 4) is 0 Å². The number of benzene rings is 1. The highest BCUT2D eigenvalue weighted by atomic mass is 32.1. The standard InChI is InChI=1S/C22H26N2O2S/c1-15-8-10-17(11-9-15)24-20(25)13-12-18(21(24)19-7-4-14-27-19)22(26)23-16-5-2-3-6-16/h4,7-11,14,16,18,21H,2-3,5-6,12-13H2,1H3,(H,23,26). The topological polar surface area (TPSA) is 49.4 Å². The van der Waals surface area contributed by atoms with Crippen molar-refractivity contribution >= 4 is 28.8 Å². The van der Waals surface area contributed by atoms with Crippen LogP contribution in [0.15, 0.2) is 41.8 Å². The first-order valence-electron chi connectivity index (χ1n) is 9.86. The van der Waals surface area contributed by atoms with Gasteiger partial charge in [0, 0.05) is 23.0 Å². The van der Waals surface area contributed by atoms with Gasteiger partial charge in [0.1, 0.15) is 0 Å². The number of hydrogen-bond acceptors (Lipinski definition) is 3. The second kappa shape index (κ2) is 7.85. The monoisotopic (exact) mass is 382 g/mol. The number of anilines is 1. The first-order valence-corrected chi connectivity index (χ1v) is 10.7. The molecule has 5 heteroatoms. The van der Waals surface area contributed by atoms with Gasteiger partial charge in [0.2, 0.25) is 11.8 Å². The number of piperidine rings is 1. The molecule has 1 saturated heterocycles. The summed E-state index contributed by atoms with van der Waals surface area (Å²) in [7, 11) is 0. The van der Waals surface area contributed by atoms with Crippen molar-refractivity contribution in [2.45, 2.75) is 57.5 Å². The average Bonchev–Trinajstić information content (AvgIpc) is 3.36. The molecule has 2 atom stereocenters. The Labute approximate surface area is 164 Å². The highest BCUT2D eigenvalue weighted by molar-refractivity contribution is 7.10. The van der Waals surface area contributed by atoms with E-state index in [1.807, 2.05) is 53.6 Å². The summed E-state index contributed by atoms with van der Waals surface area (Å²) in [6, 6.07) is 12.1. The Hall–Kier alpha value is -2.14. The normalized spacial score (nSPS) is 23.6. The Morgan fingerprint density at radius 1 is 1.11 bits per heavy atom. The predicted octanol–water partition coefficient (Wildman–Crippen LogP) is 4.60. The SMILES string of the molecule is Cc1ccc(N2C(=O)CCC(C(=O)NC3CCCC3)C2c2cccs2)cc1. The van der Waals surface area contributed by atoms with Gasteiger partial charge in [-0.1, -0.05) is 36.6 Å². The molecule has 142 valence electrons. The van der Waals surface area contributed by atoms with Crippen LogP contribution in [-0.2, 0) is 9.59 Å². The maximum Gasteiger partial charge on any atom is 0.227 e. The van der Waals surface area contributed by atoms with Gasteiger partial charge in [-0.15, -0.1) is 11.3 Å². The molecule has 0 radical (unpaired) electrons. The molecule has 1 saturated carbocycles. The van der Waals surface area contributed by atoms with Crippen LogP contribution in [0.5, 0.6) is 0 Å². The molecule has 0 spiro atoms. The lowest BCUT2D eigenvalue weighted by atomic mass is 9.86. The van der Waals surface area contributed by atoms with Crippen molar-refractivity contribution in [2.24, 2.45) is 5.92 Å². The van der Waals surface area contributed by atoms with Gasteiger partial charge in [0.15, 0.2) is 0 Å². The lowest BCUT2D eigenvalue weighted by Crippen LogP contribution is -2.49. The number of nitrogens with zero attached hydrogens (tertiary/aromatic N) is 1. The third kappa shape index (κ3) is 3.79. The average molecular weight is 383 g/mol. The van der Waals surface area contributed by atoms with Crippen LogP contribution in [0.4, 0.5) is 5.69 Å². The maximum absolute atomic E-state index is 13.2. The lowest BCUT2D eigenvalue weighted by Gasteiger charge is -2.40. The van der Waals surface area contributed by atoms with Gasteiger partial charge in [-0.3, -0.25) is 9.59 Å². The summed E-state index contributed by atoms with van der Waals surface area (Å²) in [6.07, 6.45) is 5.56. The van der Waals surface area contributed by atoms with E-state index in [0.29, 0.717) is 18.9 Å². The van der Waals surface area contributed by atoms with Crippen LogP contribution in [-0.4, -0.2) is 17.9 Å². The number of nitrogens with one attached hydrogen (secondary N) is 1. The van der Waals surface area contributed by atoms with Crippen molar-refractivity contribution in [3.63, 3.8) is 0 Å². The molecular formula is C22H26N2O2S. The van der Waals surface area contributed by atoms with Crippen LogP contribution in [0.25, 0.3) is 0 Å². The lowest BCUT2D eigenvalue weighted by molar-refractivity contribution is -0.129. The molecule has 2 aliphatic rings. The molecule has 2 amide bonds. The molecule has 27 heavy (non-hydrogen) atoms. The molecule has 2 heterocycles. The fourth-order valence-electron chi connectivity index (χ4n) is 4.34.